The quantitative estimate of drug-likeness (QED) is 0.388. The van der Waals surface area contributed by atoms with Crippen LogP contribution in [0.2, 0.25) is 0 Å². The van der Waals surface area contributed by atoms with Gasteiger partial charge >= 0.3 is 0 Å². The number of nitrogens with zero attached hydrogens (tertiary/aromatic N) is 2. The molecule has 1 N–H and O–H groups in total. The molecule has 1 rings (SSSR count). The number of aromatic nitrogens is 2. The molecule has 0 atom stereocenters. The van der Waals surface area contributed by atoms with Gasteiger partial charge in [0.25, 0.3) is 5.91 Å². The largest absolute Gasteiger partial charge is 0.726 e. The molecule has 18 heavy (non-hydrogen) atoms. The molecule has 9 heteroatoms. The lowest BCUT2D eigenvalue weighted by molar-refractivity contribution is -0.754. The molecule has 1 aromatic heterocycles. The van der Waals surface area contributed by atoms with Gasteiger partial charge in [-0.25, -0.2) is 8.42 Å². The van der Waals surface area contributed by atoms with Crippen LogP contribution in [0.3, 0.4) is 0 Å². The van der Waals surface area contributed by atoms with Crippen LogP contribution in [0.25, 0.3) is 0 Å². The number of carbonyl (C=O) groups is 1. The van der Waals surface area contributed by atoms with Crippen LogP contribution in [0.5, 0.6) is 0 Å². The van der Waals surface area contributed by atoms with Gasteiger partial charge in [-0.1, -0.05) is 4.68 Å². The van der Waals surface area contributed by atoms with Crippen molar-refractivity contribution >= 4 is 16.3 Å². The smallest absolute Gasteiger partial charge is 0.253 e. The van der Waals surface area contributed by atoms with Crippen molar-refractivity contribution in [3.8, 4) is 0 Å². The molecule has 100 valence electrons. The predicted molar refractivity (Wildman–Crippen MR) is 58.1 cm³/mol. The molecular formula is C9H13N3O5S. The molecule has 0 bridgehead atoms. The van der Waals surface area contributed by atoms with Gasteiger partial charge in [0.05, 0.1) is 5.56 Å². The molecule has 0 radical (unpaired) electrons. The fourth-order valence-electron chi connectivity index (χ4n) is 1.15. The highest BCUT2D eigenvalue weighted by Gasteiger charge is 2.09. The summed E-state index contributed by atoms with van der Waals surface area (Å²) in [7, 11) is -4.68. The zero-order chi connectivity index (χ0) is 13.6. The molecule has 0 fully saturated rings. The number of rotatable bonds is 6. The molecule has 1 amide bonds. The Morgan fingerprint density at radius 3 is 2.83 bits per heavy atom. The van der Waals surface area contributed by atoms with E-state index in [0.29, 0.717) is 12.1 Å². The van der Waals surface area contributed by atoms with E-state index < -0.39 is 10.4 Å². The second-order valence-corrected chi connectivity index (χ2v) is 4.32. The van der Waals surface area contributed by atoms with Crippen LogP contribution in [-0.4, -0.2) is 37.1 Å². The van der Waals surface area contributed by atoms with Crippen LogP contribution in [-0.2, 0) is 21.1 Å². The Labute approximate surface area is 105 Å². The summed E-state index contributed by atoms with van der Waals surface area (Å²) in [6, 6.07) is 1.53. The average Bonchev–Trinajstić information content (AvgIpc) is 2.28. The molecule has 0 unspecified atom stereocenters. The van der Waals surface area contributed by atoms with Crippen molar-refractivity contribution in [2.24, 2.45) is 0 Å². The van der Waals surface area contributed by atoms with Crippen molar-refractivity contribution in [3.63, 3.8) is 0 Å². The Balaban J connectivity index is 2.53. The topological polar surface area (TPSA) is 112 Å². The second kappa shape index (κ2) is 6.38. The first-order valence-corrected chi connectivity index (χ1v) is 6.50. The lowest BCUT2D eigenvalue weighted by Crippen LogP contribution is -2.40. The number of hydrogen-bond acceptors (Lipinski definition) is 6. The third-order valence-electron chi connectivity index (χ3n) is 1.92. The van der Waals surface area contributed by atoms with Crippen LogP contribution < -0.4 is 10.00 Å². The molecule has 8 nitrogen and oxygen atoms in total. The standard InChI is InChI=1S/C9H13N3O5S/c1-2-10-9(13)8-3-4-12(11-7-8)5-6-17-18(14,15)16/h3-4,7H,2,5-6H2,1H3,(H-,10,13,14,15,16). The van der Waals surface area contributed by atoms with Crippen LogP contribution in [0.1, 0.15) is 17.3 Å². The monoisotopic (exact) mass is 275 g/mol. The molecule has 0 saturated heterocycles. The molecule has 0 saturated carbocycles. The highest BCUT2D eigenvalue weighted by molar-refractivity contribution is 7.80. The summed E-state index contributed by atoms with van der Waals surface area (Å²) in [5.74, 6) is -0.240. The molecule has 1 aromatic rings. The van der Waals surface area contributed by atoms with E-state index in [9.17, 15) is 17.8 Å². The van der Waals surface area contributed by atoms with Crippen LogP contribution in [0.4, 0.5) is 0 Å². The fraction of sp³-hybridized carbons (Fsp3) is 0.444. The third-order valence-corrected chi connectivity index (χ3v) is 2.37. The van der Waals surface area contributed by atoms with Crippen molar-refractivity contribution in [3.05, 3.63) is 24.0 Å². The number of carbonyl (C=O) groups excluding carboxylic acids is 1. The van der Waals surface area contributed by atoms with Gasteiger partial charge in [-0.15, -0.1) is 0 Å². The Morgan fingerprint density at radius 2 is 2.33 bits per heavy atom. The first-order valence-electron chi connectivity index (χ1n) is 5.16. The Hall–Kier alpha value is -1.58. The summed E-state index contributed by atoms with van der Waals surface area (Å²) in [5.41, 5.74) is 0.394. The van der Waals surface area contributed by atoms with Crippen LogP contribution in [0.15, 0.2) is 18.5 Å². The molecule has 0 aliphatic rings. The first-order chi connectivity index (χ1) is 8.42. The predicted octanol–water partition coefficient (Wildman–Crippen LogP) is -1.40. The summed E-state index contributed by atoms with van der Waals surface area (Å²) >= 11 is 0. The van der Waals surface area contributed by atoms with E-state index in [0.717, 1.165) is 0 Å². The number of nitrogens with one attached hydrogen (secondary N) is 1. The highest BCUT2D eigenvalue weighted by Crippen LogP contribution is 1.92. The maximum atomic E-state index is 11.4. The van der Waals surface area contributed by atoms with E-state index in [4.69, 9.17) is 0 Å². The zero-order valence-electron chi connectivity index (χ0n) is 9.70. The Kier molecular flexibility index (Phi) is 5.13. The normalized spacial score (nSPS) is 11.2. The molecule has 0 spiro atoms. The van der Waals surface area contributed by atoms with Gasteiger partial charge in [0, 0.05) is 12.6 Å². The molecular weight excluding hydrogens is 262 g/mol. The number of amides is 1. The van der Waals surface area contributed by atoms with Gasteiger partial charge < -0.3 is 9.87 Å². The van der Waals surface area contributed by atoms with Crippen molar-refractivity contribution in [2.75, 3.05) is 13.2 Å². The van der Waals surface area contributed by atoms with Gasteiger partial charge in [-0.2, -0.15) is 0 Å². The molecule has 0 aromatic carbocycles. The lowest BCUT2D eigenvalue weighted by atomic mass is 10.3. The van der Waals surface area contributed by atoms with Gasteiger partial charge in [0.2, 0.25) is 10.4 Å². The first kappa shape index (κ1) is 14.5. The van der Waals surface area contributed by atoms with E-state index in [1.807, 2.05) is 0 Å². The Morgan fingerprint density at radius 1 is 1.61 bits per heavy atom. The summed E-state index contributed by atoms with van der Waals surface area (Å²) in [5, 5.41) is 6.49. The van der Waals surface area contributed by atoms with Gasteiger partial charge in [-0.3, -0.25) is 8.98 Å². The van der Waals surface area contributed by atoms with E-state index in [2.05, 4.69) is 14.6 Å². The highest BCUT2D eigenvalue weighted by atomic mass is 32.3. The minimum Gasteiger partial charge on any atom is -0.726 e. The maximum Gasteiger partial charge on any atom is 0.253 e. The van der Waals surface area contributed by atoms with E-state index in [1.54, 1.807) is 6.92 Å². The third kappa shape index (κ3) is 5.17. The summed E-state index contributed by atoms with van der Waals surface area (Å²) in [6.07, 6.45) is 2.84. The van der Waals surface area contributed by atoms with Crippen molar-refractivity contribution in [2.45, 2.75) is 13.5 Å². The van der Waals surface area contributed by atoms with Gasteiger partial charge in [0.1, 0.15) is 12.8 Å². The van der Waals surface area contributed by atoms with Crippen LogP contribution in [0, 0.1) is 0 Å². The van der Waals surface area contributed by atoms with Crippen molar-refractivity contribution in [1.29, 1.82) is 0 Å². The van der Waals surface area contributed by atoms with E-state index >= 15 is 0 Å². The van der Waals surface area contributed by atoms with Crippen LogP contribution >= 0.6 is 0 Å². The van der Waals surface area contributed by atoms with Crippen molar-refractivity contribution in [1.82, 2.24) is 10.4 Å². The Bertz CT molecular complexity index is 499. The summed E-state index contributed by atoms with van der Waals surface area (Å²) in [6.45, 7) is 2.11. The van der Waals surface area contributed by atoms with Crippen molar-refractivity contribution < 1.29 is 26.6 Å². The number of hydrogen-bond donors (Lipinski definition) is 1. The lowest BCUT2D eigenvalue weighted by Gasteiger charge is -2.04. The van der Waals surface area contributed by atoms with Gasteiger partial charge in [-0.05, 0) is 12.0 Å². The van der Waals surface area contributed by atoms with Gasteiger partial charge in [0.15, 0.2) is 12.7 Å². The average molecular weight is 275 g/mol. The summed E-state index contributed by atoms with van der Waals surface area (Å²) < 4.78 is 35.9. The minimum atomic E-state index is -4.68. The molecule has 1 heterocycles. The molecule has 0 aliphatic heterocycles. The SMILES string of the molecule is CCNC(=O)c1cc[n+](CCOS(=O)(=O)[O-])nc1. The second-order valence-electron chi connectivity index (χ2n) is 3.27. The molecule has 0 aliphatic carbocycles. The zero-order valence-corrected chi connectivity index (χ0v) is 10.5. The maximum absolute atomic E-state index is 11.4. The van der Waals surface area contributed by atoms with E-state index in [1.165, 1.54) is 23.1 Å². The van der Waals surface area contributed by atoms with E-state index in [-0.39, 0.29) is 19.1 Å². The minimum absolute atomic E-state index is 0.0944. The summed E-state index contributed by atoms with van der Waals surface area (Å²) in [4.78, 5) is 11.4. The fourth-order valence-corrected chi connectivity index (χ4v) is 1.42.